The molecule has 0 atom stereocenters. The zero-order chi connectivity index (χ0) is 16.5. The molecule has 0 saturated carbocycles. The number of halogens is 1. The first-order valence-corrected chi connectivity index (χ1v) is 9.65. The maximum absolute atomic E-state index is 4.75. The second kappa shape index (κ2) is 6.57. The van der Waals surface area contributed by atoms with Gasteiger partial charge in [0.25, 0.3) is 0 Å². The van der Waals surface area contributed by atoms with E-state index in [2.05, 4.69) is 68.8 Å². The zero-order valence-corrected chi connectivity index (χ0v) is 15.6. The highest BCUT2D eigenvalue weighted by Crippen LogP contribution is 2.30. The van der Waals surface area contributed by atoms with Crippen LogP contribution in [0, 0.1) is 0 Å². The fraction of sp³-hybridized carbons (Fsp3) is 0.158. The van der Waals surface area contributed by atoms with Crippen molar-refractivity contribution in [2.45, 2.75) is 18.6 Å². The minimum absolute atomic E-state index is 0.802. The van der Waals surface area contributed by atoms with Crippen LogP contribution in [0.1, 0.15) is 12.5 Å². The van der Waals surface area contributed by atoms with E-state index in [0.29, 0.717) is 0 Å². The lowest BCUT2D eigenvalue weighted by Gasteiger charge is -2.12. The zero-order valence-electron chi connectivity index (χ0n) is 13.2. The molecule has 0 spiro atoms. The molecule has 2 aromatic carbocycles. The first kappa shape index (κ1) is 15.7. The van der Waals surface area contributed by atoms with Gasteiger partial charge < -0.3 is 4.57 Å². The number of imidazole rings is 1. The predicted molar refractivity (Wildman–Crippen MR) is 105 cm³/mol. The summed E-state index contributed by atoms with van der Waals surface area (Å²) >= 11 is 5.43. The van der Waals surface area contributed by atoms with Crippen LogP contribution in [0.25, 0.3) is 21.8 Å². The average Bonchev–Trinajstić information content (AvgIpc) is 2.95. The van der Waals surface area contributed by atoms with Gasteiger partial charge in [-0.2, -0.15) is 0 Å². The molecule has 120 valence electrons. The lowest BCUT2D eigenvalue weighted by Crippen LogP contribution is -2.02. The molecular weight excluding hydrogens is 382 g/mol. The van der Waals surface area contributed by atoms with Crippen molar-refractivity contribution in [3.8, 4) is 0 Å². The van der Waals surface area contributed by atoms with Gasteiger partial charge in [-0.3, -0.25) is 4.98 Å². The molecule has 4 rings (SSSR count). The van der Waals surface area contributed by atoms with Crippen LogP contribution in [0.3, 0.4) is 0 Å². The number of nitrogens with zero attached hydrogens (tertiary/aromatic N) is 3. The molecule has 0 N–H and O–H groups in total. The molecule has 0 saturated heterocycles. The molecule has 3 nitrogen and oxygen atoms in total. The van der Waals surface area contributed by atoms with E-state index in [1.165, 1.54) is 16.3 Å². The van der Waals surface area contributed by atoms with E-state index in [1.807, 2.05) is 18.5 Å². The second-order valence-electron chi connectivity index (χ2n) is 5.53. The smallest absolute Gasteiger partial charge is 0.169 e. The number of hydrogen-bond acceptors (Lipinski definition) is 3. The third-order valence-corrected chi connectivity index (χ3v) is 5.63. The Labute approximate surface area is 153 Å². The largest absolute Gasteiger partial charge is 0.314 e. The molecular formula is C19H16BrN3S. The summed E-state index contributed by atoms with van der Waals surface area (Å²) in [7, 11) is 0. The number of fused-ring (bicyclic) bond motifs is 2. The molecule has 0 fully saturated rings. The van der Waals surface area contributed by atoms with Crippen LogP contribution in [0.4, 0.5) is 0 Å². The van der Waals surface area contributed by atoms with Crippen LogP contribution in [0.15, 0.2) is 64.5 Å². The van der Waals surface area contributed by atoms with Gasteiger partial charge in [-0.1, -0.05) is 64.9 Å². The second-order valence-corrected chi connectivity index (χ2v) is 7.62. The van der Waals surface area contributed by atoms with Gasteiger partial charge in [-0.25, -0.2) is 4.98 Å². The Morgan fingerprint density at radius 3 is 2.75 bits per heavy atom. The van der Waals surface area contributed by atoms with E-state index in [1.54, 1.807) is 11.8 Å². The highest BCUT2D eigenvalue weighted by atomic mass is 79.9. The Morgan fingerprint density at radius 2 is 1.92 bits per heavy atom. The third kappa shape index (κ3) is 2.72. The molecule has 0 aliphatic rings. The fourth-order valence-electron chi connectivity index (χ4n) is 2.98. The lowest BCUT2D eigenvalue weighted by atomic mass is 10.0. The maximum Gasteiger partial charge on any atom is 0.169 e. The average molecular weight is 398 g/mol. The van der Waals surface area contributed by atoms with Gasteiger partial charge in [0, 0.05) is 10.7 Å². The molecule has 2 aromatic heterocycles. The topological polar surface area (TPSA) is 30.7 Å². The number of thioether (sulfide) groups is 1. The van der Waals surface area contributed by atoms with E-state index in [4.69, 9.17) is 4.98 Å². The summed E-state index contributed by atoms with van der Waals surface area (Å²) in [6.07, 6.45) is 3.67. The van der Waals surface area contributed by atoms with Crippen molar-refractivity contribution in [1.29, 1.82) is 0 Å². The SMILES string of the molecule is CCSc1nc2cnccc2n1Cc1ccc(Br)c2ccccc12. The third-order valence-electron chi connectivity index (χ3n) is 4.08. The number of aromatic nitrogens is 3. The summed E-state index contributed by atoms with van der Waals surface area (Å²) in [6, 6.07) is 14.9. The van der Waals surface area contributed by atoms with Gasteiger partial charge in [0.1, 0.15) is 5.52 Å². The monoisotopic (exact) mass is 397 g/mol. The highest BCUT2D eigenvalue weighted by molar-refractivity contribution is 9.10. The Bertz CT molecular complexity index is 1030. The minimum atomic E-state index is 0.802. The van der Waals surface area contributed by atoms with Crippen molar-refractivity contribution < 1.29 is 0 Å². The lowest BCUT2D eigenvalue weighted by molar-refractivity contribution is 0.735. The highest BCUT2D eigenvalue weighted by Gasteiger charge is 2.13. The Morgan fingerprint density at radius 1 is 1.08 bits per heavy atom. The first-order valence-electron chi connectivity index (χ1n) is 7.87. The molecule has 4 aromatic rings. The Kier molecular flexibility index (Phi) is 4.29. The summed E-state index contributed by atoms with van der Waals surface area (Å²) in [5, 5.41) is 3.56. The van der Waals surface area contributed by atoms with Crippen molar-refractivity contribution in [3.63, 3.8) is 0 Å². The van der Waals surface area contributed by atoms with Crippen molar-refractivity contribution in [2.24, 2.45) is 0 Å². The van der Waals surface area contributed by atoms with E-state index in [0.717, 1.165) is 33.0 Å². The summed E-state index contributed by atoms with van der Waals surface area (Å²) in [5.41, 5.74) is 3.38. The van der Waals surface area contributed by atoms with Crippen LogP contribution >= 0.6 is 27.7 Å². The number of benzene rings is 2. The van der Waals surface area contributed by atoms with Crippen molar-refractivity contribution in [2.75, 3.05) is 5.75 Å². The molecule has 5 heteroatoms. The van der Waals surface area contributed by atoms with Crippen LogP contribution in [-0.4, -0.2) is 20.3 Å². The summed E-state index contributed by atoms with van der Waals surface area (Å²) in [6.45, 7) is 2.96. The Balaban J connectivity index is 1.88. The standard InChI is InChI=1S/C19H16BrN3S/c1-2-24-19-22-17-11-21-10-9-18(17)23(19)12-13-7-8-16(20)15-6-4-3-5-14(13)15/h3-11H,2,12H2,1H3. The van der Waals surface area contributed by atoms with Crippen molar-refractivity contribution in [1.82, 2.24) is 14.5 Å². The Hall–Kier alpha value is -1.85. The van der Waals surface area contributed by atoms with Gasteiger partial charge in [0.15, 0.2) is 5.16 Å². The molecule has 0 bridgehead atoms. The minimum Gasteiger partial charge on any atom is -0.314 e. The van der Waals surface area contributed by atoms with Crippen molar-refractivity contribution >= 4 is 49.5 Å². The molecule has 0 unspecified atom stereocenters. The summed E-state index contributed by atoms with van der Waals surface area (Å²) in [4.78, 5) is 8.96. The van der Waals surface area contributed by atoms with Gasteiger partial charge in [0.2, 0.25) is 0 Å². The van der Waals surface area contributed by atoms with E-state index in [-0.39, 0.29) is 0 Å². The van der Waals surface area contributed by atoms with Crippen LogP contribution in [-0.2, 0) is 6.54 Å². The van der Waals surface area contributed by atoms with E-state index in [9.17, 15) is 0 Å². The maximum atomic E-state index is 4.75. The number of pyridine rings is 1. The summed E-state index contributed by atoms with van der Waals surface area (Å²) < 4.78 is 3.42. The van der Waals surface area contributed by atoms with Crippen LogP contribution < -0.4 is 0 Å². The van der Waals surface area contributed by atoms with Gasteiger partial charge in [0.05, 0.1) is 18.3 Å². The van der Waals surface area contributed by atoms with Gasteiger partial charge >= 0.3 is 0 Å². The molecule has 2 heterocycles. The molecule has 24 heavy (non-hydrogen) atoms. The fourth-order valence-corrected chi connectivity index (χ4v) is 4.20. The summed E-state index contributed by atoms with van der Waals surface area (Å²) in [5.74, 6) is 0.998. The predicted octanol–water partition coefficient (Wildman–Crippen LogP) is 5.51. The van der Waals surface area contributed by atoms with Gasteiger partial charge in [-0.05, 0) is 34.2 Å². The van der Waals surface area contributed by atoms with E-state index < -0.39 is 0 Å². The quantitative estimate of drug-likeness (QED) is 0.425. The van der Waals surface area contributed by atoms with Crippen molar-refractivity contribution in [3.05, 3.63) is 64.9 Å². The number of rotatable bonds is 4. The van der Waals surface area contributed by atoms with Crippen LogP contribution in [0.5, 0.6) is 0 Å². The normalized spacial score (nSPS) is 11.4. The van der Waals surface area contributed by atoms with Crippen LogP contribution in [0.2, 0.25) is 0 Å². The molecule has 0 aliphatic heterocycles. The molecule has 0 amide bonds. The molecule has 0 radical (unpaired) electrons. The molecule has 0 aliphatic carbocycles. The first-order chi connectivity index (χ1) is 11.8. The number of hydrogen-bond donors (Lipinski definition) is 0. The van der Waals surface area contributed by atoms with Gasteiger partial charge in [-0.15, -0.1) is 0 Å². The van der Waals surface area contributed by atoms with E-state index >= 15 is 0 Å².